The summed E-state index contributed by atoms with van der Waals surface area (Å²) in [6, 6.07) is 30.1. The zero-order valence-electron chi connectivity index (χ0n) is 18.1. The molecule has 166 valence electrons. The number of carbonyl (C=O) groups excluding carboxylic acids is 2. The van der Waals surface area contributed by atoms with Crippen LogP contribution in [0.25, 0.3) is 0 Å². The van der Waals surface area contributed by atoms with Gasteiger partial charge in [-0.25, -0.2) is 4.39 Å². The second-order valence-corrected chi connectivity index (χ2v) is 8.36. The van der Waals surface area contributed by atoms with E-state index in [1.54, 1.807) is 41.3 Å². The first kappa shape index (κ1) is 20.2. The van der Waals surface area contributed by atoms with Gasteiger partial charge in [-0.15, -0.1) is 0 Å². The van der Waals surface area contributed by atoms with Gasteiger partial charge in [0.05, 0.1) is 17.8 Å². The van der Waals surface area contributed by atoms with Crippen LogP contribution in [0.3, 0.4) is 0 Å². The van der Waals surface area contributed by atoms with Crippen molar-refractivity contribution < 1.29 is 14.0 Å². The summed E-state index contributed by atoms with van der Waals surface area (Å²) in [4.78, 5) is 31.3. The third-order valence-corrected chi connectivity index (χ3v) is 6.45. The van der Waals surface area contributed by atoms with Gasteiger partial charge < -0.3 is 10.2 Å². The largest absolute Gasteiger partial charge is 0.350 e. The summed E-state index contributed by atoms with van der Waals surface area (Å²) < 4.78 is 14.6. The van der Waals surface area contributed by atoms with Crippen molar-refractivity contribution in [2.24, 2.45) is 0 Å². The van der Waals surface area contributed by atoms with E-state index in [1.807, 2.05) is 60.7 Å². The Hall–Kier alpha value is -4.45. The molecule has 1 N–H and O–H groups in total. The van der Waals surface area contributed by atoms with Crippen LogP contribution in [0.2, 0.25) is 0 Å². The van der Waals surface area contributed by atoms with Crippen LogP contribution >= 0.6 is 0 Å². The molecule has 2 heterocycles. The Labute approximate surface area is 196 Å². The van der Waals surface area contributed by atoms with Crippen LogP contribution in [0.4, 0.5) is 21.5 Å². The highest BCUT2D eigenvalue weighted by molar-refractivity contribution is 6.22. The van der Waals surface area contributed by atoms with Crippen molar-refractivity contribution in [1.82, 2.24) is 0 Å². The van der Waals surface area contributed by atoms with Crippen molar-refractivity contribution in [3.8, 4) is 0 Å². The van der Waals surface area contributed by atoms with E-state index in [2.05, 4.69) is 5.32 Å². The monoisotopic (exact) mass is 449 g/mol. The maximum absolute atomic E-state index is 14.6. The number of fused-ring (bicyclic) bond motifs is 3. The van der Waals surface area contributed by atoms with Gasteiger partial charge >= 0.3 is 0 Å². The van der Waals surface area contributed by atoms with Crippen molar-refractivity contribution in [3.05, 3.63) is 126 Å². The number of halogens is 1. The second kappa shape index (κ2) is 7.56. The van der Waals surface area contributed by atoms with E-state index in [4.69, 9.17) is 0 Å². The Balaban J connectivity index is 1.59. The Morgan fingerprint density at radius 2 is 1.44 bits per heavy atom. The normalized spacial score (nSPS) is 18.6. The molecule has 0 radical (unpaired) electrons. The minimum Gasteiger partial charge on any atom is -0.350 e. The van der Waals surface area contributed by atoms with Crippen LogP contribution in [-0.4, -0.2) is 11.8 Å². The highest BCUT2D eigenvalue weighted by atomic mass is 19.1. The number of hydrogen-bond acceptors (Lipinski definition) is 3. The molecule has 0 saturated carbocycles. The zero-order valence-corrected chi connectivity index (χ0v) is 18.1. The number of anilines is 3. The van der Waals surface area contributed by atoms with E-state index in [9.17, 15) is 14.0 Å². The lowest BCUT2D eigenvalue weighted by atomic mass is 9.92. The fraction of sp³-hybridized carbons (Fsp3) is 0.0714. The molecule has 4 aromatic carbocycles. The maximum Gasteiger partial charge on any atom is 0.279 e. The van der Waals surface area contributed by atoms with Crippen LogP contribution in [0.15, 0.2) is 103 Å². The Morgan fingerprint density at radius 1 is 0.765 bits per heavy atom. The minimum absolute atomic E-state index is 0.0460. The summed E-state index contributed by atoms with van der Waals surface area (Å²) >= 11 is 0. The van der Waals surface area contributed by atoms with Crippen molar-refractivity contribution in [1.29, 1.82) is 0 Å². The fourth-order valence-electron chi connectivity index (χ4n) is 4.92. The standard InChI is InChI=1S/C28H20FN3O2/c29-23-15-7-4-10-19(23)18-31-25-17-9-6-14-22(25)28(27(31)34)30-24-16-8-5-13-21(24)26(33)32(28)20-11-2-1-3-12-20/h1-17,30H,18H2. The minimum atomic E-state index is -1.51. The number of carbonyl (C=O) groups is 2. The predicted octanol–water partition coefficient (Wildman–Crippen LogP) is 5.30. The summed E-state index contributed by atoms with van der Waals surface area (Å²) in [6.45, 7) is 0.0460. The van der Waals surface area contributed by atoms with E-state index in [0.717, 1.165) is 0 Å². The molecule has 0 aromatic heterocycles. The molecule has 4 aromatic rings. The van der Waals surface area contributed by atoms with Crippen molar-refractivity contribution >= 4 is 28.9 Å². The first-order valence-corrected chi connectivity index (χ1v) is 11.0. The van der Waals surface area contributed by atoms with Gasteiger partial charge in [-0.2, -0.15) is 0 Å². The topological polar surface area (TPSA) is 52.7 Å². The molecule has 0 saturated heterocycles. The summed E-state index contributed by atoms with van der Waals surface area (Å²) in [6.07, 6.45) is 0. The molecule has 1 spiro atoms. The van der Waals surface area contributed by atoms with Gasteiger partial charge in [0.2, 0.25) is 5.66 Å². The first-order valence-electron chi connectivity index (χ1n) is 11.0. The second-order valence-electron chi connectivity index (χ2n) is 8.36. The maximum atomic E-state index is 14.6. The van der Waals surface area contributed by atoms with Gasteiger partial charge in [0.15, 0.2) is 0 Å². The molecule has 6 heteroatoms. The lowest BCUT2D eigenvalue weighted by Crippen LogP contribution is -2.63. The van der Waals surface area contributed by atoms with Crippen molar-refractivity contribution in [3.63, 3.8) is 0 Å². The molecule has 34 heavy (non-hydrogen) atoms. The molecular formula is C28H20FN3O2. The smallest absolute Gasteiger partial charge is 0.279 e. The predicted molar refractivity (Wildman–Crippen MR) is 129 cm³/mol. The van der Waals surface area contributed by atoms with Gasteiger partial charge in [0, 0.05) is 22.5 Å². The number of benzene rings is 4. The summed E-state index contributed by atoms with van der Waals surface area (Å²) in [7, 11) is 0. The SMILES string of the molecule is O=C1c2ccccc2NC2(C(=O)N(Cc3ccccc3F)c3ccccc32)N1c1ccccc1. The molecule has 2 aliphatic heterocycles. The molecule has 2 aliphatic rings. The van der Waals surface area contributed by atoms with Gasteiger partial charge in [0.25, 0.3) is 11.8 Å². The molecular weight excluding hydrogens is 429 g/mol. The molecule has 2 amide bonds. The third-order valence-electron chi connectivity index (χ3n) is 6.45. The summed E-state index contributed by atoms with van der Waals surface area (Å²) in [5.41, 5.74) is 1.82. The average Bonchev–Trinajstić information content (AvgIpc) is 3.09. The Bertz CT molecular complexity index is 1440. The Kier molecular flexibility index (Phi) is 4.48. The number of rotatable bonds is 3. The van der Waals surface area contributed by atoms with Crippen LogP contribution in [0, 0.1) is 5.82 Å². The van der Waals surface area contributed by atoms with Crippen molar-refractivity contribution in [2.75, 3.05) is 15.1 Å². The highest BCUT2D eigenvalue weighted by Gasteiger charge is 2.59. The molecule has 1 unspecified atom stereocenters. The average molecular weight is 449 g/mol. The first-order chi connectivity index (χ1) is 16.6. The quantitative estimate of drug-likeness (QED) is 0.462. The zero-order chi connectivity index (χ0) is 23.3. The fourth-order valence-corrected chi connectivity index (χ4v) is 4.92. The molecule has 0 aliphatic carbocycles. The number of nitrogens with zero attached hydrogens (tertiary/aromatic N) is 2. The van der Waals surface area contributed by atoms with E-state index in [1.165, 1.54) is 11.0 Å². The lowest BCUT2D eigenvalue weighted by Gasteiger charge is -2.45. The number of hydrogen-bond donors (Lipinski definition) is 1. The third kappa shape index (κ3) is 2.78. The number of amides is 2. The van der Waals surface area contributed by atoms with Crippen LogP contribution in [-0.2, 0) is 17.0 Å². The van der Waals surface area contributed by atoms with E-state index in [0.29, 0.717) is 33.8 Å². The summed E-state index contributed by atoms with van der Waals surface area (Å²) in [5, 5.41) is 3.41. The van der Waals surface area contributed by atoms with E-state index >= 15 is 0 Å². The van der Waals surface area contributed by atoms with Gasteiger partial charge in [-0.3, -0.25) is 14.5 Å². The van der Waals surface area contributed by atoms with E-state index < -0.39 is 5.66 Å². The molecule has 5 nitrogen and oxygen atoms in total. The molecule has 0 bridgehead atoms. The number of nitrogens with one attached hydrogen (secondary N) is 1. The molecule has 1 atom stereocenters. The van der Waals surface area contributed by atoms with Crippen LogP contribution in [0.5, 0.6) is 0 Å². The van der Waals surface area contributed by atoms with Crippen molar-refractivity contribution in [2.45, 2.75) is 12.2 Å². The number of para-hydroxylation sites is 3. The van der Waals surface area contributed by atoms with E-state index in [-0.39, 0.29) is 24.2 Å². The lowest BCUT2D eigenvalue weighted by molar-refractivity contribution is -0.122. The van der Waals surface area contributed by atoms with Crippen LogP contribution in [0.1, 0.15) is 21.5 Å². The van der Waals surface area contributed by atoms with Gasteiger partial charge in [-0.05, 0) is 36.4 Å². The van der Waals surface area contributed by atoms with Crippen LogP contribution < -0.4 is 15.1 Å². The Morgan fingerprint density at radius 3 is 2.26 bits per heavy atom. The summed E-state index contributed by atoms with van der Waals surface area (Å²) in [5.74, 6) is -1.01. The molecule has 6 rings (SSSR count). The molecule has 0 fully saturated rings. The van der Waals surface area contributed by atoms with Gasteiger partial charge in [0.1, 0.15) is 5.82 Å². The highest BCUT2D eigenvalue weighted by Crippen LogP contribution is 2.49. The van der Waals surface area contributed by atoms with Gasteiger partial charge in [-0.1, -0.05) is 66.7 Å².